The summed E-state index contributed by atoms with van der Waals surface area (Å²) < 4.78 is 10.7. The van der Waals surface area contributed by atoms with E-state index in [0.29, 0.717) is 17.0 Å². The molecule has 24 heavy (non-hydrogen) atoms. The number of hydrogen-bond acceptors (Lipinski definition) is 4. The lowest BCUT2D eigenvalue weighted by Gasteiger charge is -2.09. The molecule has 0 unspecified atom stereocenters. The van der Waals surface area contributed by atoms with Crippen molar-refractivity contribution in [2.24, 2.45) is 0 Å². The van der Waals surface area contributed by atoms with Gasteiger partial charge in [0.15, 0.2) is 0 Å². The van der Waals surface area contributed by atoms with E-state index in [0.717, 1.165) is 22.3 Å². The van der Waals surface area contributed by atoms with Crippen LogP contribution in [-0.4, -0.2) is 11.1 Å². The standard InChI is InChI=1S/C20H19NO3/c1-13-9-10-14(2)17(11-13)12-23-20(22)18-15(3)24-21-19(18)16-7-5-4-6-8-16/h4-11H,12H2,1-3H3. The smallest absolute Gasteiger partial charge is 0.344 e. The molecule has 4 heteroatoms. The minimum absolute atomic E-state index is 0.227. The Morgan fingerprint density at radius 3 is 2.58 bits per heavy atom. The molecule has 0 fully saturated rings. The quantitative estimate of drug-likeness (QED) is 0.658. The van der Waals surface area contributed by atoms with Gasteiger partial charge in [0, 0.05) is 5.56 Å². The number of aromatic nitrogens is 1. The number of esters is 1. The number of ether oxygens (including phenoxy) is 1. The van der Waals surface area contributed by atoms with Gasteiger partial charge in [-0.05, 0) is 31.9 Å². The minimum Gasteiger partial charge on any atom is -0.457 e. The zero-order valence-corrected chi connectivity index (χ0v) is 14.0. The number of hydrogen-bond donors (Lipinski definition) is 0. The Labute approximate surface area is 141 Å². The Hall–Kier alpha value is -2.88. The lowest BCUT2D eigenvalue weighted by atomic mass is 10.1. The summed E-state index contributed by atoms with van der Waals surface area (Å²) in [5, 5.41) is 4.02. The largest absolute Gasteiger partial charge is 0.457 e. The van der Waals surface area contributed by atoms with Crippen LogP contribution in [0.1, 0.15) is 32.8 Å². The number of nitrogens with zero attached hydrogens (tertiary/aromatic N) is 1. The highest BCUT2D eigenvalue weighted by Crippen LogP contribution is 2.26. The monoisotopic (exact) mass is 321 g/mol. The van der Waals surface area contributed by atoms with E-state index in [1.54, 1.807) is 6.92 Å². The zero-order chi connectivity index (χ0) is 17.1. The van der Waals surface area contributed by atoms with Gasteiger partial charge < -0.3 is 9.26 Å². The van der Waals surface area contributed by atoms with E-state index in [1.807, 2.05) is 62.4 Å². The molecule has 1 heterocycles. The summed E-state index contributed by atoms with van der Waals surface area (Å²) in [7, 11) is 0. The predicted octanol–water partition coefficient (Wildman–Crippen LogP) is 4.62. The highest BCUT2D eigenvalue weighted by atomic mass is 16.5. The molecule has 0 amide bonds. The first kappa shape index (κ1) is 16.0. The maximum atomic E-state index is 12.6. The van der Waals surface area contributed by atoms with E-state index in [9.17, 15) is 4.79 Å². The maximum absolute atomic E-state index is 12.6. The fraction of sp³-hybridized carbons (Fsp3) is 0.200. The number of carbonyl (C=O) groups excluding carboxylic acids is 1. The molecule has 0 atom stereocenters. The maximum Gasteiger partial charge on any atom is 0.344 e. The Kier molecular flexibility index (Phi) is 4.47. The van der Waals surface area contributed by atoms with Crippen LogP contribution in [0.4, 0.5) is 0 Å². The Bertz CT molecular complexity index is 866. The summed E-state index contributed by atoms with van der Waals surface area (Å²) in [6, 6.07) is 15.6. The molecule has 3 aromatic rings. The summed E-state index contributed by atoms with van der Waals surface area (Å²) in [5.41, 5.74) is 4.95. The molecule has 2 aromatic carbocycles. The number of rotatable bonds is 4. The van der Waals surface area contributed by atoms with Crippen molar-refractivity contribution < 1.29 is 14.1 Å². The lowest BCUT2D eigenvalue weighted by Crippen LogP contribution is -2.08. The molecule has 0 saturated carbocycles. The fourth-order valence-electron chi connectivity index (χ4n) is 2.58. The van der Waals surface area contributed by atoms with Crippen LogP contribution in [0.5, 0.6) is 0 Å². The molecule has 4 nitrogen and oxygen atoms in total. The van der Waals surface area contributed by atoms with Gasteiger partial charge in [0.25, 0.3) is 0 Å². The molecule has 122 valence electrons. The van der Waals surface area contributed by atoms with Crippen molar-refractivity contribution in [1.82, 2.24) is 5.16 Å². The van der Waals surface area contributed by atoms with Crippen molar-refractivity contribution in [3.63, 3.8) is 0 Å². The van der Waals surface area contributed by atoms with Crippen molar-refractivity contribution in [3.05, 3.63) is 76.5 Å². The number of carbonyl (C=O) groups is 1. The first-order valence-electron chi connectivity index (χ1n) is 7.81. The van der Waals surface area contributed by atoms with Crippen molar-refractivity contribution in [2.45, 2.75) is 27.4 Å². The third kappa shape index (κ3) is 3.23. The third-order valence-corrected chi connectivity index (χ3v) is 3.98. The topological polar surface area (TPSA) is 52.3 Å². The molecule has 0 N–H and O–H groups in total. The second-order valence-corrected chi connectivity index (χ2v) is 5.83. The van der Waals surface area contributed by atoms with Crippen LogP contribution in [0.25, 0.3) is 11.3 Å². The van der Waals surface area contributed by atoms with Gasteiger partial charge >= 0.3 is 5.97 Å². The molecule has 0 aliphatic carbocycles. The van der Waals surface area contributed by atoms with Gasteiger partial charge in [-0.1, -0.05) is 59.3 Å². The van der Waals surface area contributed by atoms with E-state index in [4.69, 9.17) is 9.26 Å². The molecular weight excluding hydrogens is 302 g/mol. The van der Waals surface area contributed by atoms with Crippen molar-refractivity contribution in [1.29, 1.82) is 0 Å². The molecular formula is C20H19NO3. The molecule has 0 saturated heterocycles. The van der Waals surface area contributed by atoms with Crippen molar-refractivity contribution >= 4 is 5.97 Å². The predicted molar refractivity (Wildman–Crippen MR) is 91.7 cm³/mol. The van der Waals surface area contributed by atoms with Gasteiger partial charge in [-0.15, -0.1) is 0 Å². The van der Waals surface area contributed by atoms with Gasteiger partial charge in [-0.25, -0.2) is 4.79 Å². The van der Waals surface area contributed by atoms with E-state index in [1.165, 1.54) is 0 Å². The van der Waals surface area contributed by atoms with E-state index >= 15 is 0 Å². The molecule has 0 aliphatic rings. The highest BCUT2D eigenvalue weighted by Gasteiger charge is 2.23. The summed E-state index contributed by atoms with van der Waals surface area (Å²) in [6.45, 7) is 5.96. The van der Waals surface area contributed by atoms with Gasteiger partial charge in [0.05, 0.1) is 0 Å². The van der Waals surface area contributed by atoms with Crippen LogP contribution >= 0.6 is 0 Å². The summed E-state index contributed by atoms with van der Waals surface area (Å²) in [5.74, 6) is 0.0355. The average Bonchev–Trinajstić information content (AvgIpc) is 2.98. The Balaban J connectivity index is 1.83. The van der Waals surface area contributed by atoms with Gasteiger partial charge in [0.2, 0.25) is 0 Å². The molecule has 1 aromatic heterocycles. The SMILES string of the molecule is Cc1ccc(C)c(COC(=O)c2c(-c3ccccc3)noc2C)c1. The Morgan fingerprint density at radius 2 is 1.83 bits per heavy atom. The summed E-state index contributed by atoms with van der Waals surface area (Å²) in [4.78, 5) is 12.6. The van der Waals surface area contributed by atoms with Gasteiger partial charge in [-0.2, -0.15) is 0 Å². The van der Waals surface area contributed by atoms with Crippen molar-refractivity contribution in [3.8, 4) is 11.3 Å². The first-order chi connectivity index (χ1) is 11.6. The van der Waals surface area contributed by atoms with Crippen LogP contribution in [0.2, 0.25) is 0 Å². The zero-order valence-electron chi connectivity index (χ0n) is 14.0. The third-order valence-electron chi connectivity index (χ3n) is 3.98. The molecule has 3 rings (SSSR count). The van der Waals surface area contributed by atoms with Gasteiger partial charge in [-0.3, -0.25) is 0 Å². The van der Waals surface area contributed by atoms with Gasteiger partial charge in [0.1, 0.15) is 23.6 Å². The van der Waals surface area contributed by atoms with E-state index in [-0.39, 0.29) is 6.61 Å². The average molecular weight is 321 g/mol. The van der Waals surface area contributed by atoms with E-state index < -0.39 is 5.97 Å². The first-order valence-corrected chi connectivity index (χ1v) is 7.81. The van der Waals surface area contributed by atoms with Crippen LogP contribution in [0.15, 0.2) is 53.1 Å². The number of aryl methyl sites for hydroxylation is 3. The van der Waals surface area contributed by atoms with Crippen LogP contribution in [0, 0.1) is 20.8 Å². The summed E-state index contributed by atoms with van der Waals surface area (Å²) >= 11 is 0. The van der Waals surface area contributed by atoms with Crippen LogP contribution < -0.4 is 0 Å². The Morgan fingerprint density at radius 1 is 1.08 bits per heavy atom. The molecule has 0 spiro atoms. The normalized spacial score (nSPS) is 10.6. The second-order valence-electron chi connectivity index (χ2n) is 5.83. The van der Waals surface area contributed by atoms with Crippen LogP contribution in [0.3, 0.4) is 0 Å². The lowest BCUT2D eigenvalue weighted by molar-refractivity contribution is 0.0471. The molecule has 0 bridgehead atoms. The highest BCUT2D eigenvalue weighted by molar-refractivity contribution is 5.97. The fourth-order valence-corrected chi connectivity index (χ4v) is 2.58. The number of benzene rings is 2. The van der Waals surface area contributed by atoms with Crippen molar-refractivity contribution in [2.75, 3.05) is 0 Å². The van der Waals surface area contributed by atoms with E-state index in [2.05, 4.69) is 5.16 Å². The minimum atomic E-state index is -0.423. The second kappa shape index (κ2) is 6.71. The summed E-state index contributed by atoms with van der Waals surface area (Å²) in [6.07, 6.45) is 0. The van der Waals surface area contributed by atoms with Crippen LogP contribution in [-0.2, 0) is 11.3 Å². The molecule has 0 aliphatic heterocycles. The molecule has 0 radical (unpaired) electrons.